The van der Waals surface area contributed by atoms with Gasteiger partial charge in [-0.1, -0.05) is 11.3 Å². The smallest absolute Gasteiger partial charge is 0.367 e. The van der Waals surface area contributed by atoms with Gasteiger partial charge in [0.2, 0.25) is 5.13 Å². The third kappa shape index (κ3) is 3.83. The average molecular weight is 370 g/mol. The number of rotatable bonds is 4. The van der Waals surface area contributed by atoms with Gasteiger partial charge in [-0.25, -0.2) is 9.97 Å². The van der Waals surface area contributed by atoms with Gasteiger partial charge < -0.3 is 10.2 Å². The molecular formula is C15H17F3N6S. The maximum absolute atomic E-state index is 12.7. The third-order valence-corrected chi connectivity index (χ3v) is 5.58. The van der Waals surface area contributed by atoms with Crippen LogP contribution < -0.4 is 10.2 Å². The molecule has 134 valence electrons. The van der Waals surface area contributed by atoms with Crippen LogP contribution in [0.25, 0.3) is 0 Å². The van der Waals surface area contributed by atoms with Crippen LogP contribution in [0.3, 0.4) is 0 Å². The molecule has 0 radical (unpaired) electrons. The van der Waals surface area contributed by atoms with E-state index in [1.54, 1.807) is 11.3 Å². The van der Waals surface area contributed by atoms with Gasteiger partial charge in [-0.2, -0.15) is 13.2 Å². The molecule has 1 N–H and O–H groups in total. The van der Waals surface area contributed by atoms with Crippen molar-refractivity contribution < 1.29 is 13.2 Å². The highest BCUT2D eigenvalue weighted by Crippen LogP contribution is 2.42. The SMILES string of the molecule is FC(F)(F)c1cc(NC2CCN(c3nnc(C4CC4)s3)CC2)ncn1. The fraction of sp³-hybridized carbons (Fsp3) is 0.600. The second-order valence-corrected chi connectivity index (χ2v) is 7.38. The minimum atomic E-state index is -4.46. The Morgan fingerprint density at radius 2 is 1.84 bits per heavy atom. The van der Waals surface area contributed by atoms with E-state index in [-0.39, 0.29) is 11.9 Å². The van der Waals surface area contributed by atoms with Crippen molar-refractivity contribution in [2.24, 2.45) is 0 Å². The Labute approximate surface area is 146 Å². The number of nitrogens with zero attached hydrogens (tertiary/aromatic N) is 5. The molecule has 3 heterocycles. The van der Waals surface area contributed by atoms with E-state index in [1.165, 1.54) is 12.8 Å². The lowest BCUT2D eigenvalue weighted by Gasteiger charge is -2.32. The normalized spacial score (nSPS) is 19.2. The summed E-state index contributed by atoms with van der Waals surface area (Å²) in [6.45, 7) is 1.60. The van der Waals surface area contributed by atoms with E-state index in [4.69, 9.17) is 0 Å². The summed E-state index contributed by atoms with van der Waals surface area (Å²) in [5.41, 5.74) is -0.927. The number of piperidine rings is 1. The van der Waals surface area contributed by atoms with Gasteiger partial charge in [-0.15, -0.1) is 10.2 Å². The fourth-order valence-electron chi connectivity index (χ4n) is 2.86. The van der Waals surface area contributed by atoms with Gasteiger partial charge in [-0.3, -0.25) is 0 Å². The van der Waals surface area contributed by atoms with E-state index in [1.807, 2.05) is 0 Å². The van der Waals surface area contributed by atoms with E-state index in [9.17, 15) is 13.2 Å². The van der Waals surface area contributed by atoms with Crippen molar-refractivity contribution in [2.45, 2.75) is 43.8 Å². The summed E-state index contributed by atoms with van der Waals surface area (Å²) in [5.74, 6) is 0.818. The zero-order valence-corrected chi connectivity index (χ0v) is 14.1. The molecule has 0 atom stereocenters. The van der Waals surface area contributed by atoms with Crippen LogP contribution in [0.5, 0.6) is 0 Å². The molecule has 0 amide bonds. The fourth-order valence-corrected chi connectivity index (χ4v) is 3.93. The Hall–Kier alpha value is -1.97. The highest BCUT2D eigenvalue weighted by Gasteiger charge is 2.33. The molecule has 0 unspecified atom stereocenters. The van der Waals surface area contributed by atoms with Crippen molar-refractivity contribution in [2.75, 3.05) is 23.3 Å². The molecule has 2 aromatic rings. The molecule has 2 aliphatic rings. The summed E-state index contributed by atoms with van der Waals surface area (Å²) in [6, 6.07) is 1.04. The van der Waals surface area contributed by atoms with E-state index in [0.29, 0.717) is 5.92 Å². The highest BCUT2D eigenvalue weighted by atomic mass is 32.1. The van der Waals surface area contributed by atoms with Gasteiger partial charge in [0.05, 0.1) is 0 Å². The zero-order chi connectivity index (χ0) is 17.4. The van der Waals surface area contributed by atoms with E-state index in [2.05, 4.69) is 30.4 Å². The van der Waals surface area contributed by atoms with Crippen molar-refractivity contribution in [1.29, 1.82) is 0 Å². The molecule has 1 saturated carbocycles. The van der Waals surface area contributed by atoms with Gasteiger partial charge in [0, 0.05) is 31.1 Å². The van der Waals surface area contributed by atoms with Crippen LogP contribution in [0.4, 0.5) is 24.1 Å². The molecule has 1 aliphatic carbocycles. The number of alkyl halides is 3. The van der Waals surface area contributed by atoms with Gasteiger partial charge in [-0.05, 0) is 25.7 Å². The monoisotopic (exact) mass is 370 g/mol. The van der Waals surface area contributed by atoms with Crippen molar-refractivity contribution in [3.05, 3.63) is 23.1 Å². The number of hydrogen-bond donors (Lipinski definition) is 1. The van der Waals surface area contributed by atoms with Gasteiger partial charge in [0.1, 0.15) is 22.8 Å². The first-order valence-corrected chi connectivity index (χ1v) is 9.05. The molecule has 1 saturated heterocycles. The first-order valence-electron chi connectivity index (χ1n) is 8.23. The lowest BCUT2D eigenvalue weighted by atomic mass is 10.1. The summed E-state index contributed by atoms with van der Waals surface area (Å²) in [6.07, 6.45) is 0.521. The lowest BCUT2D eigenvalue weighted by molar-refractivity contribution is -0.141. The first kappa shape index (κ1) is 16.5. The summed E-state index contributed by atoms with van der Waals surface area (Å²) in [4.78, 5) is 9.37. The van der Waals surface area contributed by atoms with Crippen molar-refractivity contribution in [3.8, 4) is 0 Å². The zero-order valence-electron chi connectivity index (χ0n) is 13.3. The molecule has 2 aromatic heterocycles. The Balaban J connectivity index is 1.34. The van der Waals surface area contributed by atoms with Crippen LogP contribution in [-0.4, -0.2) is 39.3 Å². The molecule has 10 heteroatoms. The number of anilines is 2. The Morgan fingerprint density at radius 3 is 2.52 bits per heavy atom. The summed E-state index contributed by atoms with van der Waals surface area (Å²) in [7, 11) is 0. The average Bonchev–Trinajstić information content (AvgIpc) is 3.32. The van der Waals surface area contributed by atoms with Crippen molar-refractivity contribution in [1.82, 2.24) is 20.2 Å². The van der Waals surface area contributed by atoms with Crippen LogP contribution in [0, 0.1) is 0 Å². The number of halogens is 3. The van der Waals surface area contributed by atoms with Crippen LogP contribution in [-0.2, 0) is 6.18 Å². The molecule has 0 spiro atoms. The minimum Gasteiger partial charge on any atom is -0.367 e. The van der Waals surface area contributed by atoms with Crippen molar-refractivity contribution in [3.63, 3.8) is 0 Å². The first-order chi connectivity index (χ1) is 12.0. The maximum Gasteiger partial charge on any atom is 0.433 e. The number of aromatic nitrogens is 4. The lowest BCUT2D eigenvalue weighted by Crippen LogP contribution is -2.39. The van der Waals surface area contributed by atoms with Gasteiger partial charge in [0.15, 0.2) is 0 Å². The number of nitrogens with one attached hydrogen (secondary N) is 1. The molecule has 0 aromatic carbocycles. The second-order valence-electron chi connectivity index (χ2n) is 6.39. The van der Waals surface area contributed by atoms with E-state index < -0.39 is 11.9 Å². The molecule has 1 aliphatic heterocycles. The quantitative estimate of drug-likeness (QED) is 0.891. The topological polar surface area (TPSA) is 66.8 Å². The van der Waals surface area contributed by atoms with Crippen molar-refractivity contribution >= 4 is 22.3 Å². The van der Waals surface area contributed by atoms with Gasteiger partial charge >= 0.3 is 6.18 Å². The summed E-state index contributed by atoms with van der Waals surface area (Å²) in [5, 5.41) is 13.7. The van der Waals surface area contributed by atoms with Crippen LogP contribution >= 0.6 is 11.3 Å². The predicted molar refractivity (Wildman–Crippen MR) is 87.8 cm³/mol. The second kappa shape index (κ2) is 6.40. The molecule has 25 heavy (non-hydrogen) atoms. The molecule has 2 fully saturated rings. The minimum absolute atomic E-state index is 0.0862. The summed E-state index contributed by atoms with van der Waals surface area (Å²) >= 11 is 1.66. The summed E-state index contributed by atoms with van der Waals surface area (Å²) < 4.78 is 38.1. The largest absolute Gasteiger partial charge is 0.433 e. The Bertz CT molecular complexity index is 737. The van der Waals surface area contributed by atoms with E-state index >= 15 is 0 Å². The van der Waals surface area contributed by atoms with Crippen LogP contribution in [0.2, 0.25) is 0 Å². The van der Waals surface area contributed by atoms with E-state index in [0.717, 1.165) is 48.5 Å². The molecular weight excluding hydrogens is 353 g/mol. The Kier molecular flexibility index (Phi) is 4.22. The maximum atomic E-state index is 12.7. The van der Waals surface area contributed by atoms with Crippen LogP contribution in [0.1, 0.15) is 42.3 Å². The Morgan fingerprint density at radius 1 is 1.08 bits per heavy atom. The molecule has 4 rings (SSSR count). The molecule has 0 bridgehead atoms. The standard InChI is InChI=1S/C15H17F3N6S/c16-15(17,18)11-7-12(20-8-19-11)21-10-3-5-24(6-4-10)14-23-22-13(25-14)9-1-2-9/h7-10H,1-6H2,(H,19,20,21). The highest BCUT2D eigenvalue weighted by molar-refractivity contribution is 7.15. The predicted octanol–water partition coefficient (Wildman–Crippen LogP) is 3.31. The number of hydrogen-bond acceptors (Lipinski definition) is 7. The third-order valence-electron chi connectivity index (χ3n) is 4.43. The molecule has 6 nitrogen and oxygen atoms in total. The van der Waals surface area contributed by atoms with Gasteiger partial charge in [0.25, 0.3) is 0 Å². The van der Waals surface area contributed by atoms with Crippen LogP contribution in [0.15, 0.2) is 12.4 Å².